The highest BCUT2D eigenvalue weighted by atomic mass is 16.6. The van der Waals surface area contributed by atoms with E-state index in [1.54, 1.807) is 0 Å². The quantitative estimate of drug-likeness (QED) is 0.0373. The number of carbonyl (C=O) groups is 2. The first-order valence-electron chi connectivity index (χ1n) is 28.6. The van der Waals surface area contributed by atoms with Crippen molar-refractivity contribution in [1.29, 1.82) is 0 Å². The van der Waals surface area contributed by atoms with Gasteiger partial charge in [-0.05, 0) is 141 Å². The molecule has 0 aliphatic heterocycles. The zero-order valence-electron chi connectivity index (χ0n) is 46.5. The van der Waals surface area contributed by atoms with E-state index in [0.29, 0.717) is 12.8 Å². The maximum atomic E-state index is 12.3. The van der Waals surface area contributed by atoms with E-state index < -0.39 is 6.10 Å². The fourth-order valence-electron chi connectivity index (χ4n) is 6.86. The van der Waals surface area contributed by atoms with Crippen LogP contribution in [0.3, 0.4) is 0 Å². The zero-order chi connectivity index (χ0) is 53.4. The zero-order valence-corrected chi connectivity index (χ0v) is 46.5. The van der Waals surface area contributed by atoms with Crippen LogP contribution in [0, 0.1) is 0 Å². The number of hydrogen-bond acceptors (Lipinski definition) is 5. The first-order chi connectivity index (χ1) is 36.6. The fraction of sp³-hybridized carbons (Fsp3) is 0.478. The number of aliphatic hydroxyl groups is 1. The molecule has 0 radical (unpaired) electrons. The molecule has 0 amide bonds. The molecular formula is C69H102O5. The van der Waals surface area contributed by atoms with Crippen LogP contribution in [0.2, 0.25) is 0 Å². The molecule has 1 N–H and O–H groups in total. The lowest BCUT2D eigenvalue weighted by Gasteiger charge is -2.15. The van der Waals surface area contributed by atoms with Crippen LogP contribution in [0.4, 0.5) is 0 Å². The van der Waals surface area contributed by atoms with Crippen molar-refractivity contribution in [1.82, 2.24) is 0 Å². The molecule has 5 heteroatoms. The normalized spacial score (nSPS) is 13.8. The summed E-state index contributed by atoms with van der Waals surface area (Å²) in [6.07, 6.45) is 101. The number of allylic oxidation sites excluding steroid dienone is 34. The summed E-state index contributed by atoms with van der Waals surface area (Å²) in [6.45, 7) is 3.83. The highest BCUT2D eigenvalue weighted by Crippen LogP contribution is 2.11. The molecule has 0 aromatic heterocycles. The molecule has 0 spiro atoms. The second kappa shape index (κ2) is 61.8. The Morgan fingerprint density at radius 1 is 0.311 bits per heavy atom. The molecule has 0 aliphatic rings. The lowest BCUT2D eigenvalue weighted by Crippen LogP contribution is -2.28. The third kappa shape index (κ3) is 59.0. The Bertz CT molecular complexity index is 1810. The Balaban J connectivity index is 3.73. The lowest BCUT2D eigenvalue weighted by molar-refractivity contribution is -0.161. The molecule has 0 rings (SSSR count). The Morgan fingerprint density at radius 2 is 0.554 bits per heavy atom. The van der Waals surface area contributed by atoms with Crippen molar-refractivity contribution in [2.24, 2.45) is 0 Å². The minimum Gasteiger partial charge on any atom is -0.462 e. The number of unbranched alkanes of at least 4 members (excludes halogenated alkanes) is 7. The molecule has 0 bridgehead atoms. The van der Waals surface area contributed by atoms with Crippen molar-refractivity contribution in [3.8, 4) is 0 Å². The molecule has 0 fully saturated rings. The Morgan fingerprint density at radius 3 is 0.851 bits per heavy atom. The molecule has 5 nitrogen and oxygen atoms in total. The first kappa shape index (κ1) is 68.5. The van der Waals surface area contributed by atoms with Crippen LogP contribution in [-0.2, 0) is 19.1 Å². The molecular weight excluding hydrogens is 909 g/mol. The van der Waals surface area contributed by atoms with E-state index in [-0.39, 0.29) is 31.6 Å². The molecule has 0 aromatic rings. The summed E-state index contributed by atoms with van der Waals surface area (Å²) in [7, 11) is 0. The van der Waals surface area contributed by atoms with Gasteiger partial charge < -0.3 is 14.6 Å². The van der Waals surface area contributed by atoms with Gasteiger partial charge in [-0.25, -0.2) is 0 Å². The molecule has 0 aliphatic carbocycles. The number of carbonyl (C=O) groups excluding carboxylic acids is 2. The smallest absolute Gasteiger partial charge is 0.306 e. The van der Waals surface area contributed by atoms with Crippen LogP contribution < -0.4 is 0 Å². The Hall–Kier alpha value is -5.52. The fourth-order valence-corrected chi connectivity index (χ4v) is 6.86. The maximum absolute atomic E-state index is 12.3. The van der Waals surface area contributed by atoms with E-state index >= 15 is 0 Å². The highest BCUT2D eigenvalue weighted by molar-refractivity contribution is 5.70. The third-order valence-electron chi connectivity index (χ3n) is 11.1. The van der Waals surface area contributed by atoms with Crippen LogP contribution in [-0.4, -0.2) is 36.4 Å². The second-order valence-electron chi connectivity index (χ2n) is 17.9. The van der Waals surface area contributed by atoms with Gasteiger partial charge in [0, 0.05) is 12.8 Å². The standard InChI is InChI=1S/C69H102O5/c1-3-5-7-9-11-13-15-17-19-21-23-25-27-28-29-30-31-32-33-34-35-36-37-38-39-40-42-44-46-48-50-52-54-56-58-60-62-64-69(72)74-67(65-70)66-73-68(71)63-61-59-57-55-53-51-49-47-45-43-41-26-24-22-20-18-16-14-12-10-8-6-4-2/h5-8,11-14,17-20,23-26,28-29,31-32,34-35,37-38,40,42-43,45-46,48-49,51,55,57,67,70H,3-4,9-10,15-16,21-22,27,30,33,36,39,41,44,47,50,52-54,56,58-66H2,1-2H3/b7-5-,8-6-,13-11-,14-12-,19-17-,20-18-,25-23-,26-24-,29-28-,32-31-,35-34-,38-37-,42-40-,45-43-,48-46-,51-49-,57-55-. The van der Waals surface area contributed by atoms with E-state index in [1.165, 1.54) is 12.8 Å². The van der Waals surface area contributed by atoms with Gasteiger partial charge in [0.1, 0.15) is 6.61 Å². The summed E-state index contributed by atoms with van der Waals surface area (Å²) in [5.41, 5.74) is 0. The predicted octanol–water partition coefficient (Wildman–Crippen LogP) is 19.9. The summed E-state index contributed by atoms with van der Waals surface area (Å²) < 4.78 is 10.6. The number of rotatable bonds is 49. The first-order valence-corrected chi connectivity index (χ1v) is 28.6. The number of aliphatic hydroxyl groups excluding tert-OH is 1. The molecule has 0 saturated heterocycles. The molecule has 74 heavy (non-hydrogen) atoms. The maximum Gasteiger partial charge on any atom is 0.306 e. The van der Waals surface area contributed by atoms with Crippen molar-refractivity contribution in [2.75, 3.05) is 13.2 Å². The van der Waals surface area contributed by atoms with Crippen LogP contribution in [0.25, 0.3) is 0 Å². The monoisotopic (exact) mass is 1010 g/mol. The molecule has 1 atom stereocenters. The Kier molecular flexibility index (Phi) is 57.2. The molecule has 0 heterocycles. The minimum atomic E-state index is -0.822. The summed E-state index contributed by atoms with van der Waals surface area (Å²) in [6, 6.07) is 0. The SMILES string of the molecule is CC/C=C\C/C=C\C/C=C\C/C=C\C/C=C\C/C=C\C/C=C\C/C=C\C/C=C\C/C=C\CCCCCCCCC(=O)OC(CO)COC(=O)CCC/C=C\C/C=C\C/C=C\C/C=C\C/C=C\C/C=C\C/C=C\CC. The number of hydrogen-bond donors (Lipinski definition) is 1. The Labute approximate surface area is 453 Å². The van der Waals surface area contributed by atoms with Crippen LogP contribution >= 0.6 is 0 Å². The van der Waals surface area contributed by atoms with E-state index in [2.05, 4.69) is 220 Å². The lowest BCUT2D eigenvalue weighted by atomic mass is 10.1. The molecule has 408 valence electrons. The van der Waals surface area contributed by atoms with Crippen molar-refractivity contribution < 1.29 is 24.2 Å². The largest absolute Gasteiger partial charge is 0.462 e. The van der Waals surface area contributed by atoms with E-state index in [9.17, 15) is 14.7 Å². The number of ether oxygens (including phenoxy) is 2. The van der Waals surface area contributed by atoms with Crippen LogP contribution in [0.15, 0.2) is 207 Å². The highest BCUT2D eigenvalue weighted by Gasteiger charge is 2.16. The average Bonchev–Trinajstić information content (AvgIpc) is 3.40. The summed E-state index contributed by atoms with van der Waals surface area (Å²) in [5.74, 6) is -0.697. The van der Waals surface area contributed by atoms with Gasteiger partial charge in [0.15, 0.2) is 6.10 Å². The van der Waals surface area contributed by atoms with E-state index in [0.717, 1.165) is 148 Å². The van der Waals surface area contributed by atoms with Gasteiger partial charge in [0.2, 0.25) is 0 Å². The van der Waals surface area contributed by atoms with Crippen molar-refractivity contribution in [2.45, 2.75) is 200 Å². The third-order valence-corrected chi connectivity index (χ3v) is 11.1. The summed E-state index contributed by atoms with van der Waals surface area (Å²) in [5, 5.41) is 9.65. The number of esters is 2. The average molecular weight is 1010 g/mol. The van der Waals surface area contributed by atoms with Crippen molar-refractivity contribution in [3.63, 3.8) is 0 Å². The van der Waals surface area contributed by atoms with Crippen LogP contribution in [0.5, 0.6) is 0 Å². The molecule has 0 saturated carbocycles. The van der Waals surface area contributed by atoms with Gasteiger partial charge in [-0.1, -0.05) is 246 Å². The summed E-state index contributed by atoms with van der Waals surface area (Å²) in [4.78, 5) is 24.5. The van der Waals surface area contributed by atoms with Gasteiger partial charge in [-0.3, -0.25) is 9.59 Å². The van der Waals surface area contributed by atoms with Crippen molar-refractivity contribution >= 4 is 11.9 Å². The predicted molar refractivity (Wildman–Crippen MR) is 324 cm³/mol. The molecule has 0 aromatic carbocycles. The molecule has 1 unspecified atom stereocenters. The van der Waals surface area contributed by atoms with Gasteiger partial charge in [0.25, 0.3) is 0 Å². The van der Waals surface area contributed by atoms with Gasteiger partial charge in [-0.15, -0.1) is 0 Å². The topological polar surface area (TPSA) is 72.8 Å². The van der Waals surface area contributed by atoms with E-state index in [4.69, 9.17) is 9.47 Å². The second-order valence-corrected chi connectivity index (χ2v) is 17.9. The van der Waals surface area contributed by atoms with Crippen LogP contribution in [0.1, 0.15) is 194 Å². The van der Waals surface area contributed by atoms with Crippen molar-refractivity contribution in [3.05, 3.63) is 207 Å². The van der Waals surface area contributed by atoms with Gasteiger partial charge in [0.05, 0.1) is 6.61 Å². The minimum absolute atomic E-state index is 0.118. The van der Waals surface area contributed by atoms with Gasteiger partial charge in [-0.2, -0.15) is 0 Å². The van der Waals surface area contributed by atoms with Gasteiger partial charge >= 0.3 is 11.9 Å². The summed E-state index contributed by atoms with van der Waals surface area (Å²) >= 11 is 0. The van der Waals surface area contributed by atoms with E-state index in [1.807, 2.05) is 0 Å².